The molecule has 1 aliphatic carbocycles. The molecule has 1 N–H and O–H groups in total. The fourth-order valence-electron chi connectivity index (χ4n) is 5.56. The normalized spacial score (nSPS) is 19.9. The smallest absolute Gasteiger partial charge is 0.339 e. The Hall–Kier alpha value is -3.71. The van der Waals surface area contributed by atoms with Gasteiger partial charge in [-0.2, -0.15) is 0 Å². The van der Waals surface area contributed by atoms with Crippen LogP contribution in [0.1, 0.15) is 67.2 Å². The van der Waals surface area contributed by atoms with Crippen LogP contribution < -0.4 is 10.1 Å². The Balaban J connectivity index is 1.50. The Morgan fingerprint density at radius 2 is 1.88 bits per heavy atom. The Morgan fingerprint density at radius 3 is 2.58 bits per heavy atom. The van der Waals surface area contributed by atoms with E-state index in [4.69, 9.17) is 19.2 Å². The zero-order valence-electron chi connectivity index (χ0n) is 23.8. The van der Waals surface area contributed by atoms with Crippen molar-refractivity contribution >= 4 is 34.4 Å². The minimum absolute atomic E-state index is 0.00566. The minimum atomic E-state index is -0.500. The molecule has 7 nitrogen and oxygen atoms in total. The standard InChI is InChI=1S/C33H38N2O5/c1-33(2,3)23-17-22(16-21-11-13-24(38-4)14-12-21)31-27(18-23)30(26-9-5-6-10-28(26)35-31)32(37)40-20-29(36)34-19-25-8-7-15-39-25/h5-6,9-14,16,23,25H,7-8,15,17-20H2,1-4H3,(H,34,36)/b22-16-. The molecular formula is C33H38N2O5. The fourth-order valence-corrected chi connectivity index (χ4v) is 5.56. The molecule has 3 aromatic rings. The molecule has 210 valence electrons. The number of carbonyl (C=O) groups is 2. The molecule has 40 heavy (non-hydrogen) atoms. The zero-order valence-corrected chi connectivity index (χ0v) is 23.8. The van der Waals surface area contributed by atoms with Gasteiger partial charge in [0.2, 0.25) is 0 Å². The van der Waals surface area contributed by atoms with Crippen LogP contribution in [0, 0.1) is 11.3 Å². The van der Waals surface area contributed by atoms with Crippen molar-refractivity contribution in [2.24, 2.45) is 11.3 Å². The van der Waals surface area contributed by atoms with E-state index in [0.717, 1.165) is 64.9 Å². The van der Waals surface area contributed by atoms with Gasteiger partial charge in [0.25, 0.3) is 5.91 Å². The van der Waals surface area contributed by atoms with Crippen LogP contribution in [0.5, 0.6) is 5.75 Å². The van der Waals surface area contributed by atoms with E-state index in [1.165, 1.54) is 0 Å². The first kappa shape index (κ1) is 27.8. The number of aromatic nitrogens is 1. The summed E-state index contributed by atoms with van der Waals surface area (Å²) in [5.74, 6) is 0.255. The molecule has 0 saturated carbocycles. The van der Waals surface area contributed by atoms with Gasteiger partial charge in [-0.1, -0.05) is 51.1 Å². The minimum Gasteiger partial charge on any atom is -0.497 e. The van der Waals surface area contributed by atoms with Crippen molar-refractivity contribution in [1.82, 2.24) is 10.3 Å². The highest BCUT2D eigenvalue weighted by atomic mass is 16.5. The van der Waals surface area contributed by atoms with Crippen molar-refractivity contribution in [3.8, 4) is 5.75 Å². The zero-order chi connectivity index (χ0) is 28.3. The lowest BCUT2D eigenvalue weighted by atomic mass is 9.69. The van der Waals surface area contributed by atoms with Gasteiger partial charge in [0, 0.05) is 18.5 Å². The maximum Gasteiger partial charge on any atom is 0.339 e. The SMILES string of the molecule is COc1ccc(/C=C2/CC(C(C)(C)C)Cc3c2nc2ccccc2c3C(=O)OCC(=O)NCC2CCCO2)cc1. The van der Waals surface area contributed by atoms with E-state index >= 15 is 0 Å². The maximum atomic E-state index is 13.7. The van der Waals surface area contributed by atoms with Crippen molar-refractivity contribution < 1.29 is 23.8 Å². The summed E-state index contributed by atoms with van der Waals surface area (Å²) in [6.07, 6.45) is 5.66. The lowest BCUT2D eigenvalue weighted by Crippen LogP contribution is -2.35. The average Bonchev–Trinajstić information content (AvgIpc) is 3.47. The first-order chi connectivity index (χ1) is 19.2. The number of nitrogens with one attached hydrogen (secondary N) is 1. The third kappa shape index (κ3) is 6.20. The number of para-hydroxylation sites is 1. The van der Waals surface area contributed by atoms with Crippen LogP contribution in [0.4, 0.5) is 0 Å². The van der Waals surface area contributed by atoms with Crippen LogP contribution in [0.25, 0.3) is 22.6 Å². The summed E-state index contributed by atoms with van der Waals surface area (Å²) in [6.45, 7) is 7.51. The van der Waals surface area contributed by atoms with Crippen LogP contribution in [0.15, 0.2) is 48.5 Å². The van der Waals surface area contributed by atoms with Crippen molar-refractivity contribution in [2.75, 3.05) is 26.9 Å². The van der Waals surface area contributed by atoms with Gasteiger partial charge >= 0.3 is 5.97 Å². The van der Waals surface area contributed by atoms with Gasteiger partial charge in [0.05, 0.1) is 30.0 Å². The first-order valence-electron chi connectivity index (χ1n) is 14.0. The topological polar surface area (TPSA) is 86.8 Å². The molecule has 0 bridgehead atoms. The van der Waals surface area contributed by atoms with Crippen LogP contribution in [0.2, 0.25) is 0 Å². The summed E-state index contributed by atoms with van der Waals surface area (Å²) >= 11 is 0. The van der Waals surface area contributed by atoms with E-state index in [9.17, 15) is 9.59 Å². The number of pyridine rings is 1. The predicted molar refractivity (Wildman–Crippen MR) is 156 cm³/mol. The molecule has 2 unspecified atom stereocenters. The molecule has 7 heteroatoms. The molecule has 1 fully saturated rings. The summed E-state index contributed by atoms with van der Waals surface area (Å²) in [7, 11) is 1.65. The molecular weight excluding hydrogens is 504 g/mol. The highest BCUT2D eigenvalue weighted by molar-refractivity contribution is 6.07. The quantitative estimate of drug-likeness (QED) is 0.377. The molecule has 5 rings (SSSR count). The van der Waals surface area contributed by atoms with Crippen molar-refractivity contribution in [2.45, 2.75) is 52.6 Å². The summed E-state index contributed by atoms with van der Waals surface area (Å²) in [6, 6.07) is 15.6. The van der Waals surface area contributed by atoms with Gasteiger partial charge in [0.1, 0.15) is 5.75 Å². The van der Waals surface area contributed by atoms with E-state index < -0.39 is 5.97 Å². The third-order valence-electron chi connectivity index (χ3n) is 7.99. The Morgan fingerprint density at radius 1 is 1.10 bits per heavy atom. The summed E-state index contributed by atoms with van der Waals surface area (Å²) in [4.78, 5) is 31.3. The van der Waals surface area contributed by atoms with Crippen LogP contribution in [-0.2, 0) is 20.7 Å². The van der Waals surface area contributed by atoms with E-state index in [1.807, 2.05) is 48.5 Å². The number of hydrogen-bond acceptors (Lipinski definition) is 6. The van der Waals surface area contributed by atoms with E-state index in [-0.39, 0.29) is 30.0 Å². The van der Waals surface area contributed by atoms with Gasteiger partial charge in [-0.15, -0.1) is 0 Å². The fraction of sp³-hybridized carbons (Fsp3) is 0.424. The summed E-state index contributed by atoms with van der Waals surface area (Å²) in [5.41, 5.74) is 5.07. The average molecular weight is 543 g/mol. The number of rotatable bonds is 7. The number of benzene rings is 2. The number of nitrogens with zero attached hydrogens (tertiary/aromatic N) is 1. The number of carbonyl (C=O) groups excluding carboxylic acids is 2. The molecule has 2 atom stereocenters. The number of amides is 1. The van der Waals surface area contributed by atoms with Gasteiger partial charge in [-0.3, -0.25) is 4.79 Å². The van der Waals surface area contributed by atoms with Crippen molar-refractivity contribution in [1.29, 1.82) is 0 Å². The predicted octanol–water partition coefficient (Wildman–Crippen LogP) is 5.84. The molecule has 1 aromatic heterocycles. The van der Waals surface area contributed by atoms with Crippen molar-refractivity contribution in [3.05, 3.63) is 70.9 Å². The monoisotopic (exact) mass is 542 g/mol. The second-order valence-electron chi connectivity index (χ2n) is 11.8. The number of fused-ring (bicyclic) bond motifs is 2. The molecule has 2 heterocycles. The van der Waals surface area contributed by atoms with E-state index in [2.05, 4.69) is 32.2 Å². The molecule has 2 aliphatic rings. The summed E-state index contributed by atoms with van der Waals surface area (Å²) < 4.78 is 16.5. The maximum absolute atomic E-state index is 13.7. The Bertz CT molecular complexity index is 1420. The lowest BCUT2D eigenvalue weighted by molar-refractivity contribution is -0.124. The summed E-state index contributed by atoms with van der Waals surface area (Å²) in [5, 5.41) is 3.57. The van der Waals surface area contributed by atoms with E-state index in [1.54, 1.807) is 7.11 Å². The molecule has 1 amide bonds. The molecule has 0 radical (unpaired) electrons. The van der Waals surface area contributed by atoms with Crippen molar-refractivity contribution in [3.63, 3.8) is 0 Å². The molecule has 1 aliphatic heterocycles. The Kier molecular flexibility index (Phi) is 8.22. The number of ether oxygens (including phenoxy) is 3. The van der Waals surface area contributed by atoms with Crippen LogP contribution >= 0.6 is 0 Å². The first-order valence-corrected chi connectivity index (χ1v) is 14.0. The number of esters is 1. The highest BCUT2D eigenvalue weighted by Crippen LogP contribution is 2.45. The van der Waals surface area contributed by atoms with Gasteiger partial charge in [-0.25, -0.2) is 9.78 Å². The van der Waals surface area contributed by atoms with Gasteiger partial charge in [0.15, 0.2) is 6.61 Å². The second kappa shape index (κ2) is 11.8. The molecule has 2 aromatic carbocycles. The van der Waals surface area contributed by atoms with Crippen LogP contribution in [-0.4, -0.2) is 49.8 Å². The molecule has 1 saturated heterocycles. The number of allylic oxidation sites excluding steroid dienone is 1. The lowest BCUT2D eigenvalue weighted by Gasteiger charge is -2.36. The Labute approximate surface area is 235 Å². The van der Waals surface area contributed by atoms with E-state index in [0.29, 0.717) is 18.5 Å². The number of methoxy groups -OCH3 is 1. The largest absolute Gasteiger partial charge is 0.497 e. The number of hydrogen-bond donors (Lipinski definition) is 1. The highest BCUT2D eigenvalue weighted by Gasteiger charge is 2.35. The van der Waals surface area contributed by atoms with Gasteiger partial charge < -0.3 is 19.5 Å². The molecule has 0 spiro atoms. The van der Waals surface area contributed by atoms with Gasteiger partial charge in [-0.05, 0) is 78.0 Å². The second-order valence-corrected chi connectivity index (χ2v) is 11.8. The third-order valence-corrected chi connectivity index (χ3v) is 7.99. The van der Waals surface area contributed by atoms with Crippen LogP contribution in [0.3, 0.4) is 0 Å².